The molecule has 1 amide bonds. The normalized spacial score (nSPS) is 17.8. The molecule has 0 aromatic carbocycles. The van der Waals surface area contributed by atoms with Crippen LogP contribution in [0.3, 0.4) is 0 Å². The van der Waals surface area contributed by atoms with E-state index in [1.807, 2.05) is 0 Å². The van der Waals surface area contributed by atoms with Crippen LogP contribution in [0.15, 0.2) is 0 Å². The Labute approximate surface area is 156 Å². The van der Waals surface area contributed by atoms with Gasteiger partial charge in [0.1, 0.15) is 0 Å². The van der Waals surface area contributed by atoms with Gasteiger partial charge in [-0.1, -0.05) is 12.8 Å². The highest BCUT2D eigenvalue weighted by Crippen LogP contribution is 2.15. The highest BCUT2D eigenvalue weighted by atomic mass is 35.5. The van der Waals surface area contributed by atoms with Crippen LogP contribution >= 0.6 is 24.8 Å². The van der Waals surface area contributed by atoms with Crippen LogP contribution in [0.25, 0.3) is 0 Å². The van der Waals surface area contributed by atoms with E-state index in [0.717, 1.165) is 50.3 Å². The van der Waals surface area contributed by atoms with Gasteiger partial charge in [-0.25, -0.2) is 0 Å². The van der Waals surface area contributed by atoms with Crippen LogP contribution in [0.2, 0.25) is 0 Å². The summed E-state index contributed by atoms with van der Waals surface area (Å²) in [6.07, 6.45) is 7.30. The van der Waals surface area contributed by atoms with E-state index >= 15 is 0 Å². The number of nitrogens with one attached hydrogen (secondary N) is 3. The number of likely N-dealkylation sites (tertiary alicyclic amines) is 1. The van der Waals surface area contributed by atoms with Crippen LogP contribution in [0.4, 0.5) is 0 Å². The van der Waals surface area contributed by atoms with Crippen molar-refractivity contribution in [2.75, 3.05) is 32.7 Å². The second-order valence-electron chi connectivity index (χ2n) is 6.32. The van der Waals surface area contributed by atoms with Gasteiger partial charge in [0.2, 0.25) is 0 Å². The minimum atomic E-state index is -0.0444. The van der Waals surface area contributed by atoms with Crippen LogP contribution in [-0.4, -0.2) is 53.7 Å². The lowest BCUT2D eigenvalue weighted by atomic mass is 10.1. The predicted octanol–water partition coefficient (Wildman–Crippen LogP) is 1.89. The third kappa shape index (κ3) is 5.62. The summed E-state index contributed by atoms with van der Waals surface area (Å²) in [5.74, 6) is -0.0444. The van der Waals surface area contributed by atoms with Gasteiger partial charge in [-0.15, -0.1) is 24.8 Å². The second-order valence-corrected chi connectivity index (χ2v) is 6.32. The zero-order valence-electron chi connectivity index (χ0n) is 14.1. The van der Waals surface area contributed by atoms with Crippen molar-refractivity contribution in [3.8, 4) is 0 Å². The number of hydrogen-bond donors (Lipinski definition) is 3. The number of aromatic amines is 1. The zero-order chi connectivity index (χ0) is 15.2. The van der Waals surface area contributed by atoms with E-state index in [1.165, 1.54) is 38.8 Å². The molecule has 1 aromatic rings. The Morgan fingerprint density at radius 3 is 2.67 bits per heavy atom. The summed E-state index contributed by atoms with van der Waals surface area (Å²) >= 11 is 0. The fourth-order valence-electron chi connectivity index (χ4n) is 3.36. The molecule has 0 aliphatic carbocycles. The second kappa shape index (κ2) is 10.9. The molecule has 0 bridgehead atoms. The van der Waals surface area contributed by atoms with Crippen LogP contribution in [0, 0.1) is 0 Å². The van der Waals surface area contributed by atoms with Gasteiger partial charge in [-0.2, -0.15) is 5.10 Å². The first kappa shape index (κ1) is 21.2. The van der Waals surface area contributed by atoms with Crippen LogP contribution in [0.5, 0.6) is 0 Å². The van der Waals surface area contributed by atoms with Crippen molar-refractivity contribution < 1.29 is 4.79 Å². The highest BCUT2D eigenvalue weighted by Gasteiger charge is 2.21. The van der Waals surface area contributed by atoms with E-state index in [-0.39, 0.29) is 30.7 Å². The van der Waals surface area contributed by atoms with Gasteiger partial charge < -0.3 is 15.5 Å². The Morgan fingerprint density at radius 2 is 1.92 bits per heavy atom. The first-order valence-corrected chi connectivity index (χ1v) is 8.62. The lowest BCUT2D eigenvalue weighted by molar-refractivity contribution is 0.0945. The Bertz CT molecular complexity index is 501. The quantitative estimate of drug-likeness (QED) is 0.685. The number of amides is 1. The van der Waals surface area contributed by atoms with Crippen LogP contribution < -0.4 is 10.6 Å². The minimum Gasteiger partial charge on any atom is -0.351 e. The number of aromatic nitrogens is 2. The molecule has 3 heterocycles. The van der Waals surface area contributed by atoms with Crippen molar-refractivity contribution in [1.29, 1.82) is 0 Å². The Morgan fingerprint density at radius 1 is 1.17 bits per heavy atom. The van der Waals surface area contributed by atoms with Crippen molar-refractivity contribution in [2.45, 2.75) is 45.1 Å². The molecule has 24 heavy (non-hydrogen) atoms. The first-order chi connectivity index (χ1) is 10.8. The van der Waals surface area contributed by atoms with E-state index in [1.54, 1.807) is 0 Å². The monoisotopic (exact) mass is 377 g/mol. The molecule has 0 saturated carbocycles. The maximum absolute atomic E-state index is 12.2. The average molecular weight is 378 g/mol. The molecule has 6 nitrogen and oxygen atoms in total. The fourth-order valence-corrected chi connectivity index (χ4v) is 3.36. The largest absolute Gasteiger partial charge is 0.351 e. The number of fused-ring (bicyclic) bond motifs is 1. The Kier molecular flexibility index (Phi) is 9.66. The average Bonchev–Trinajstić information content (AvgIpc) is 2.80. The van der Waals surface area contributed by atoms with Crippen molar-refractivity contribution in [3.63, 3.8) is 0 Å². The SMILES string of the molecule is Cl.Cl.O=C(NCCCN1CCCCCC1)c1n[nH]c2c1CNCC2. The molecule has 1 saturated heterocycles. The van der Waals surface area contributed by atoms with Gasteiger partial charge in [0.05, 0.1) is 0 Å². The van der Waals surface area contributed by atoms with Gasteiger partial charge in [-0.3, -0.25) is 9.89 Å². The van der Waals surface area contributed by atoms with E-state index in [2.05, 4.69) is 25.7 Å². The van der Waals surface area contributed by atoms with Gasteiger partial charge in [0.15, 0.2) is 5.69 Å². The van der Waals surface area contributed by atoms with E-state index in [9.17, 15) is 4.79 Å². The fraction of sp³-hybridized carbons (Fsp3) is 0.750. The van der Waals surface area contributed by atoms with Gasteiger partial charge in [0.25, 0.3) is 5.91 Å². The maximum atomic E-state index is 12.2. The first-order valence-electron chi connectivity index (χ1n) is 8.62. The van der Waals surface area contributed by atoms with Gasteiger partial charge in [-0.05, 0) is 38.9 Å². The summed E-state index contributed by atoms with van der Waals surface area (Å²) in [6.45, 7) is 5.93. The summed E-state index contributed by atoms with van der Waals surface area (Å²) in [6, 6.07) is 0. The number of carbonyl (C=O) groups is 1. The molecular weight excluding hydrogens is 349 g/mol. The number of rotatable bonds is 5. The van der Waals surface area contributed by atoms with Crippen molar-refractivity contribution in [2.24, 2.45) is 0 Å². The number of H-pyrrole nitrogens is 1. The molecule has 0 atom stereocenters. The third-order valence-corrected chi connectivity index (χ3v) is 4.66. The van der Waals surface area contributed by atoms with Crippen LogP contribution in [-0.2, 0) is 13.0 Å². The Hall–Kier alpha value is -0.820. The molecular formula is C16H29Cl2N5O. The minimum absolute atomic E-state index is 0. The molecule has 2 aliphatic rings. The summed E-state index contributed by atoms with van der Waals surface area (Å²) in [5, 5.41) is 13.5. The smallest absolute Gasteiger partial charge is 0.272 e. The van der Waals surface area contributed by atoms with Crippen molar-refractivity contribution in [1.82, 2.24) is 25.7 Å². The molecule has 0 spiro atoms. The lowest BCUT2D eigenvalue weighted by Gasteiger charge is -2.19. The highest BCUT2D eigenvalue weighted by molar-refractivity contribution is 5.94. The number of hydrogen-bond acceptors (Lipinski definition) is 4. The van der Waals surface area contributed by atoms with Crippen LogP contribution in [0.1, 0.15) is 53.8 Å². The van der Waals surface area contributed by atoms with Crippen molar-refractivity contribution in [3.05, 3.63) is 17.0 Å². The summed E-state index contributed by atoms with van der Waals surface area (Å²) in [7, 11) is 0. The molecule has 2 aliphatic heterocycles. The van der Waals surface area contributed by atoms with Gasteiger partial charge >= 0.3 is 0 Å². The van der Waals surface area contributed by atoms with Gasteiger partial charge in [0, 0.05) is 37.3 Å². The lowest BCUT2D eigenvalue weighted by Crippen LogP contribution is -2.32. The molecule has 0 unspecified atom stereocenters. The molecule has 1 fully saturated rings. The molecule has 138 valence electrons. The summed E-state index contributed by atoms with van der Waals surface area (Å²) < 4.78 is 0. The van der Waals surface area contributed by atoms with E-state index in [4.69, 9.17) is 0 Å². The molecule has 1 aromatic heterocycles. The molecule has 0 radical (unpaired) electrons. The molecule has 3 N–H and O–H groups in total. The third-order valence-electron chi connectivity index (χ3n) is 4.66. The van der Waals surface area contributed by atoms with E-state index < -0.39 is 0 Å². The summed E-state index contributed by atoms with van der Waals surface area (Å²) in [5.41, 5.74) is 2.71. The number of halogens is 2. The topological polar surface area (TPSA) is 73.0 Å². The standard InChI is InChI=1S/C16H27N5O.2ClH/c22-16(15-13-12-17-8-6-14(13)19-20-15)18-7-5-11-21-9-3-1-2-4-10-21;;/h17H,1-12H2,(H,18,22)(H,19,20);2*1H. The maximum Gasteiger partial charge on any atom is 0.272 e. The van der Waals surface area contributed by atoms with Crippen molar-refractivity contribution >= 4 is 30.7 Å². The number of carbonyl (C=O) groups excluding carboxylic acids is 1. The van der Waals surface area contributed by atoms with E-state index in [0.29, 0.717) is 5.69 Å². The predicted molar refractivity (Wildman–Crippen MR) is 100 cm³/mol. The number of nitrogens with zero attached hydrogens (tertiary/aromatic N) is 2. The zero-order valence-corrected chi connectivity index (χ0v) is 15.7. The summed E-state index contributed by atoms with van der Waals surface area (Å²) in [4.78, 5) is 14.8. The molecule has 8 heteroatoms. The molecule has 3 rings (SSSR count). The Balaban J connectivity index is 0.00000144.